The Morgan fingerprint density at radius 1 is 1.57 bits per heavy atom. The second-order valence-electron chi connectivity index (χ2n) is 3.13. The molecular formula is C10H14BrNOS. The lowest BCUT2D eigenvalue weighted by molar-refractivity contribution is 0.0935. The quantitative estimate of drug-likeness (QED) is 0.896. The first kappa shape index (κ1) is 11.7. The number of carbonyl (C=O) groups is 1. The van der Waals surface area contributed by atoms with Crippen LogP contribution in [0.1, 0.15) is 37.0 Å². The van der Waals surface area contributed by atoms with Gasteiger partial charge in [0.25, 0.3) is 5.91 Å². The van der Waals surface area contributed by atoms with Crippen LogP contribution in [0.4, 0.5) is 0 Å². The first-order valence-electron chi connectivity index (χ1n) is 4.72. The van der Waals surface area contributed by atoms with Gasteiger partial charge in [-0.1, -0.05) is 13.8 Å². The van der Waals surface area contributed by atoms with Crippen LogP contribution in [0.3, 0.4) is 0 Å². The highest BCUT2D eigenvalue weighted by Gasteiger charge is 2.11. The lowest BCUT2D eigenvalue weighted by Gasteiger charge is -2.13. The molecule has 2 nitrogen and oxygen atoms in total. The SMILES string of the molecule is CCC(CC)NC(=O)c1csc(Br)c1. The van der Waals surface area contributed by atoms with E-state index in [-0.39, 0.29) is 5.91 Å². The molecular weight excluding hydrogens is 262 g/mol. The molecule has 4 heteroatoms. The Labute approximate surface area is 96.8 Å². The lowest BCUT2D eigenvalue weighted by Crippen LogP contribution is -2.33. The number of nitrogens with one attached hydrogen (secondary N) is 1. The molecule has 1 heterocycles. The Bertz CT molecular complexity index is 307. The van der Waals surface area contributed by atoms with Gasteiger partial charge in [0.05, 0.1) is 9.35 Å². The minimum Gasteiger partial charge on any atom is -0.349 e. The maximum atomic E-state index is 11.7. The highest BCUT2D eigenvalue weighted by molar-refractivity contribution is 9.11. The van der Waals surface area contributed by atoms with Gasteiger partial charge < -0.3 is 5.32 Å². The minimum absolute atomic E-state index is 0.0284. The zero-order chi connectivity index (χ0) is 10.6. The Balaban J connectivity index is 2.58. The van der Waals surface area contributed by atoms with E-state index in [2.05, 4.69) is 35.1 Å². The van der Waals surface area contributed by atoms with Crippen LogP contribution in [0.2, 0.25) is 0 Å². The van der Waals surface area contributed by atoms with Crippen molar-refractivity contribution in [2.75, 3.05) is 0 Å². The van der Waals surface area contributed by atoms with Crippen LogP contribution in [0.25, 0.3) is 0 Å². The van der Waals surface area contributed by atoms with E-state index in [1.807, 2.05) is 11.4 Å². The summed E-state index contributed by atoms with van der Waals surface area (Å²) in [5.74, 6) is 0.0284. The predicted molar refractivity (Wildman–Crippen MR) is 63.9 cm³/mol. The van der Waals surface area contributed by atoms with Crippen molar-refractivity contribution < 1.29 is 4.79 Å². The molecule has 78 valence electrons. The van der Waals surface area contributed by atoms with Crippen molar-refractivity contribution in [3.63, 3.8) is 0 Å². The molecule has 0 saturated carbocycles. The molecule has 0 aliphatic heterocycles. The second-order valence-corrected chi connectivity index (χ2v) is 5.42. The molecule has 1 aromatic rings. The smallest absolute Gasteiger partial charge is 0.252 e. The van der Waals surface area contributed by atoms with Gasteiger partial charge in [-0.05, 0) is 34.8 Å². The van der Waals surface area contributed by atoms with Crippen LogP contribution < -0.4 is 5.32 Å². The second kappa shape index (κ2) is 5.51. The van der Waals surface area contributed by atoms with Gasteiger partial charge in [0.1, 0.15) is 0 Å². The molecule has 1 rings (SSSR count). The third-order valence-corrected chi connectivity index (χ3v) is 3.65. The lowest BCUT2D eigenvalue weighted by atomic mass is 10.1. The molecule has 0 unspecified atom stereocenters. The monoisotopic (exact) mass is 275 g/mol. The van der Waals surface area contributed by atoms with E-state index in [9.17, 15) is 4.79 Å². The molecule has 14 heavy (non-hydrogen) atoms. The molecule has 0 aliphatic rings. The predicted octanol–water partition coefficient (Wildman–Crippen LogP) is 3.43. The number of thiophene rings is 1. The molecule has 0 bridgehead atoms. The van der Waals surface area contributed by atoms with Crippen LogP contribution >= 0.6 is 27.3 Å². The molecule has 0 aliphatic carbocycles. The zero-order valence-electron chi connectivity index (χ0n) is 8.34. The van der Waals surface area contributed by atoms with Crippen molar-refractivity contribution in [2.24, 2.45) is 0 Å². The third-order valence-electron chi connectivity index (χ3n) is 2.15. The van der Waals surface area contributed by atoms with Gasteiger partial charge >= 0.3 is 0 Å². The molecule has 0 aromatic carbocycles. The van der Waals surface area contributed by atoms with Crippen LogP contribution in [-0.4, -0.2) is 11.9 Å². The number of halogens is 1. The molecule has 0 atom stereocenters. The van der Waals surface area contributed by atoms with Gasteiger partial charge in [0.15, 0.2) is 0 Å². The van der Waals surface area contributed by atoms with Crippen molar-refractivity contribution >= 4 is 33.2 Å². The van der Waals surface area contributed by atoms with E-state index in [0.29, 0.717) is 6.04 Å². The Kier molecular flexibility index (Phi) is 4.62. The molecule has 0 saturated heterocycles. The summed E-state index contributed by atoms with van der Waals surface area (Å²) in [5, 5.41) is 4.86. The van der Waals surface area contributed by atoms with Gasteiger partial charge in [0, 0.05) is 11.4 Å². The summed E-state index contributed by atoms with van der Waals surface area (Å²) in [5.41, 5.74) is 0.744. The van der Waals surface area contributed by atoms with Crippen LogP contribution in [0.5, 0.6) is 0 Å². The minimum atomic E-state index is 0.0284. The van der Waals surface area contributed by atoms with Crippen LogP contribution in [0.15, 0.2) is 15.2 Å². The van der Waals surface area contributed by atoms with Gasteiger partial charge in [-0.2, -0.15) is 0 Å². The normalized spacial score (nSPS) is 10.6. The number of hydrogen-bond acceptors (Lipinski definition) is 2. The Morgan fingerprint density at radius 3 is 2.64 bits per heavy atom. The summed E-state index contributed by atoms with van der Waals surface area (Å²) in [6.45, 7) is 4.16. The van der Waals surface area contributed by atoms with Crippen LogP contribution in [0, 0.1) is 0 Å². The van der Waals surface area contributed by atoms with Gasteiger partial charge in [0.2, 0.25) is 0 Å². The summed E-state index contributed by atoms with van der Waals surface area (Å²) < 4.78 is 0.993. The fourth-order valence-electron chi connectivity index (χ4n) is 1.19. The highest BCUT2D eigenvalue weighted by Crippen LogP contribution is 2.20. The van der Waals surface area contributed by atoms with Gasteiger partial charge in [-0.25, -0.2) is 0 Å². The van der Waals surface area contributed by atoms with E-state index >= 15 is 0 Å². The molecule has 0 radical (unpaired) electrons. The fourth-order valence-corrected chi connectivity index (χ4v) is 2.33. The average molecular weight is 276 g/mol. The van der Waals surface area contributed by atoms with Crippen molar-refractivity contribution in [3.05, 3.63) is 20.8 Å². The average Bonchev–Trinajstić information content (AvgIpc) is 2.61. The van der Waals surface area contributed by atoms with E-state index < -0.39 is 0 Å². The van der Waals surface area contributed by atoms with E-state index in [0.717, 1.165) is 22.2 Å². The van der Waals surface area contributed by atoms with Gasteiger partial charge in [-0.3, -0.25) is 4.79 Å². The molecule has 1 amide bonds. The summed E-state index contributed by atoms with van der Waals surface area (Å²) in [4.78, 5) is 11.7. The van der Waals surface area contributed by atoms with Crippen molar-refractivity contribution in [1.82, 2.24) is 5.32 Å². The standard InChI is InChI=1S/C10H14BrNOS/c1-3-8(4-2)12-10(13)7-5-9(11)14-6-7/h5-6,8H,3-4H2,1-2H3,(H,12,13). The highest BCUT2D eigenvalue weighted by atomic mass is 79.9. The maximum absolute atomic E-state index is 11.7. The molecule has 1 aromatic heterocycles. The van der Waals surface area contributed by atoms with E-state index in [1.54, 1.807) is 0 Å². The summed E-state index contributed by atoms with van der Waals surface area (Å²) in [6.07, 6.45) is 1.96. The van der Waals surface area contributed by atoms with Crippen molar-refractivity contribution in [3.8, 4) is 0 Å². The summed E-state index contributed by atoms with van der Waals surface area (Å²) >= 11 is 4.87. The molecule has 0 fully saturated rings. The van der Waals surface area contributed by atoms with Crippen LogP contribution in [-0.2, 0) is 0 Å². The molecule has 0 spiro atoms. The Hall–Kier alpha value is -0.350. The fraction of sp³-hybridized carbons (Fsp3) is 0.500. The maximum Gasteiger partial charge on any atom is 0.252 e. The van der Waals surface area contributed by atoms with Crippen molar-refractivity contribution in [2.45, 2.75) is 32.7 Å². The largest absolute Gasteiger partial charge is 0.349 e. The summed E-state index contributed by atoms with van der Waals surface area (Å²) in [6, 6.07) is 2.14. The first-order chi connectivity index (χ1) is 6.67. The summed E-state index contributed by atoms with van der Waals surface area (Å²) in [7, 11) is 0. The number of carbonyl (C=O) groups excluding carboxylic acids is 1. The number of amides is 1. The third kappa shape index (κ3) is 3.10. The van der Waals surface area contributed by atoms with E-state index in [1.165, 1.54) is 11.3 Å². The van der Waals surface area contributed by atoms with Gasteiger partial charge in [-0.15, -0.1) is 11.3 Å². The van der Waals surface area contributed by atoms with E-state index in [4.69, 9.17) is 0 Å². The number of hydrogen-bond donors (Lipinski definition) is 1. The Morgan fingerprint density at radius 2 is 2.21 bits per heavy atom. The number of rotatable bonds is 4. The zero-order valence-corrected chi connectivity index (χ0v) is 10.7. The molecule has 1 N–H and O–H groups in total. The topological polar surface area (TPSA) is 29.1 Å². The van der Waals surface area contributed by atoms with Crippen molar-refractivity contribution in [1.29, 1.82) is 0 Å². The first-order valence-corrected chi connectivity index (χ1v) is 6.39.